The summed E-state index contributed by atoms with van der Waals surface area (Å²) in [4.78, 5) is 11.1. The maximum Gasteiger partial charge on any atom is 0.228 e. The lowest BCUT2D eigenvalue weighted by Gasteiger charge is -1.97. The molecule has 14 heavy (non-hydrogen) atoms. The van der Waals surface area contributed by atoms with E-state index in [-0.39, 0.29) is 11.7 Å². The molecule has 0 aliphatic carbocycles. The molecule has 0 amide bonds. The number of benzene rings is 1. The van der Waals surface area contributed by atoms with Crippen LogP contribution in [-0.4, -0.2) is 15.6 Å². The van der Waals surface area contributed by atoms with Gasteiger partial charge in [0.15, 0.2) is 0 Å². The lowest BCUT2D eigenvalue weighted by atomic mass is 10.2. The van der Waals surface area contributed by atoms with E-state index >= 15 is 0 Å². The minimum Gasteiger partial charge on any atom is -0.506 e. The number of rotatable bonds is 0. The second kappa shape index (κ2) is 2.83. The van der Waals surface area contributed by atoms with Crippen LogP contribution in [0.5, 0.6) is 5.75 Å². The van der Waals surface area contributed by atoms with E-state index in [2.05, 4.69) is 0 Å². The molecule has 0 spiro atoms. The molecule has 2 aromatic rings. The van der Waals surface area contributed by atoms with E-state index in [1.807, 2.05) is 0 Å². The van der Waals surface area contributed by atoms with Gasteiger partial charge < -0.3 is 5.11 Å². The standard InChI is InChI=1S/C10H8FNO2/c1-6(13)12-5-10(14)8-4-7(11)2-3-9(8)12/h2-5,14H,1H3. The Morgan fingerprint density at radius 2 is 2.21 bits per heavy atom. The minimum absolute atomic E-state index is 0.0882. The van der Waals surface area contributed by atoms with Crippen LogP contribution in [-0.2, 0) is 0 Å². The highest BCUT2D eigenvalue weighted by molar-refractivity contribution is 5.95. The fraction of sp³-hybridized carbons (Fsp3) is 0.100. The van der Waals surface area contributed by atoms with Crippen molar-refractivity contribution in [3.05, 3.63) is 30.2 Å². The van der Waals surface area contributed by atoms with E-state index in [1.165, 1.54) is 35.9 Å². The van der Waals surface area contributed by atoms with Gasteiger partial charge in [-0.05, 0) is 18.2 Å². The Morgan fingerprint density at radius 3 is 2.86 bits per heavy atom. The quantitative estimate of drug-likeness (QED) is 0.696. The van der Waals surface area contributed by atoms with Gasteiger partial charge in [-0.3, -0.25) is 9.36 Å². The van der Waals surface area contributed by atoms with Crippen molar-refractivity contribution in [3.8, 4) is 5.75 Å². The van der Waals surface area contributed by atoms with Crippen molar-refractivity contribution in [3.63, 3.8) is 0 Å². The summed E-state index contributed by atoms with van der Waals surface area (Å²) in [6.07, 6.45) is 1.28. The maximum atomic E-state index is 12.8. The number of fused-ring (bicyclic) bond motifs is 1. The third-order valence-electron chi connectivity index (χ3n) is 2.08. The van der Waals surface area contributed by atoms with Gasteiger partial charge in [0.25, 0.3) is 0 Å². The van der Waals surface area contributed by atoms with Crippen molar-refractivity contribution in [2.24, 2.45) is 0 Å². The zero-order valence-corrected chi connectivity index (χ0v) is 7.49. The van der Waals surface area contributed by atoms with Crippen LogP contribution in [0.4, 0.5) is 4.39 Å². The van der Waals surface area contributed by atoms with Crippen molar-refractivity contribution in [1.29, 1.82) is 0 Å². The average Bonchev–Trinajstić information content (AvgIpc) is 2.44. The topological polar surface area (TPSA) is 42.2 Å². The summed E-state index contributed by atoms with van der Waals surface area (Å²) in [5.74, 6) is -0.745. The third kappa shape index (κ3) is 1.16. The minimum atomic E-state index is -0.436. The van der Waals surface area contributed by atoms with Gasteiger partial charge in [-0.15, -0.1) is 0 Å². The van der Waals surface area contributed by atoms with Crippen LogP contribution in [0.1, 0.15) is 11.7 Å². The van der Waals surface area contributed by atoms with Gasteiger partial charge in [0, 0.05) is 12.3 Å². The zero-order chi connectivity index (χ0) is 10.3. The van der Waals surface area contributed by atoms with Crippen molar-refractivity contribution < 1.29 is 14.3 Å². The Balaban J connectivity index is 2.84. The van der Waals surface area contributed by atoms with E-state index < -0.39 is 5.82 Å². The SMILES string of the molecule is CC(=O)n1cc(O)c2cc(F)ccc21. The Labute approximate surface area is 79.4 Å². The van der Waals surface area contributed by atoms with Crippen LogP contribution in [0.2, 0.25) is 0 Å². The molecule has 4 heteroatoms. The summed E-state index contributed by atoms with van der Waals surface area (Å²) in [6, 6.07) is 3.91. The number of carbonyl (C=O) groups is 1. The van der Waals surface area contributed by atoms with E-state index in [4.69, 9.17) is 0 Å². The van der Waals surface area contributed by atoms with Crippen molar-refractivity contribution in [1.82, 2.24) is 4.57 Å². The number of hydrogen-bond donors (Lipinski definition) is 1. The molecule has 0 radical (unpaired) electrons. The molecule has 3 nitrogen and oxygen atoms in total. The molecule has 1 heterocycles. The second-order valence-electron chi connectivity index (χ2n) is 3.06. The van der Waals surface area contributed by atoms with Gasteiger partial charge in [-0.1, -0.05) is 0 Å². The molecule has 1 aromatic carbocycles. The van der Waals surface area contributed by atoms with E-state index in [9.17, 15) is 14.3 Å². The molecular formula is C10H8FNO2. The highest BCUT2D eigenvalue weighted by Gasteiger charge is 2.10. The molecule has 0 fully saturated rings. The van der Waals surface area contributed by atoms with Crippen molar-refractivity contribution in [2.75, 3.05) is 0 Å². The van der Waals surface area contributed by atoms with Crippen LogP contribution in [0.25, 0.3) is 10.9 Å². The fourth-order valence-corrected chi connectivity index (χ4v) is 1.45. The summed E-state index contributed by atoms with van der Waals surface area (Å²) in [7, 11) is 0. The Kier molecular flexibility index (Phi) is 1.77. The number of nitrogens with zero attached hydrogens (tertiary/aromatic N) is 1. The molecule has 0 unspecified atom stereocenters. The summed E-state index contributed by atoms with van der Waals surface area (Å²) < 4.78 is 14.1. The van der Waals surface area contributed by atoms with E-state index in [0.717, 1.165) is 0 Å². The molecule has 2 rings (SSSR count). The van der Waals surface area contributed by atoms with Crippen LogP contribution in [0, 0.1) is 5.82 Å². The van der Waals surface area contributed by atoms with Crippen LogP contribution >= 0.6 is 0 Å². The first kappa shape index (κ1) is 8.74. The average molecular weight is 193 g/mol. The number of aromatic nitrogens is 1. The Bertz CT molecular complexity index is 516. The smallest absolute Gasteiger partial charge is 0.228 e. The lowest BCUT2D eigenvalue weighted by molar-refractivity contribution is 0.0941. The summed E-state index contributed by atoms with van der Waals surface area (Å²) in [6.45, 7) is 1.38. The second-order valence-corrected chi connectivity index (χ2v) is 3.06. The van der Waals surface area contributed by atoms with Crippen LogP contribution in [0.3, 0.4) is 0 Å². The van der Waals surface area contributed by atoms with Crippen molar-refractivity contribution >= 4 is 16.8 Å². The molecule has 0 aliphatic heterocycles. The first-order valence-electron chi connectivity index (χ1n) is 4.10. The molecule has 0 atom stereocenters. The predicted octanol–water partition coefficient (Wildman–Crippen LogP) is 2.15. The fourth-order valence-electron chi connectivity index (χ4n) is 1.45. The first-order chi connectivity index (χ1) is 6.59. The molecule has 0 bridgehead atoms. The predicted molar refractivity (Wildman–Crippen MR) is 49.9 cm³/mol. The number of halogens is 1. The van der Waals surface area contributed by atoms with Gasteiger partial charge in [0.1, 0.15) is 11.6 Å². The summed E-state index contributed by atoms with van der Waals surface area (Å²) >= 11 is 0. The first-order valence-corrected chi connectivity index (χ1v) is 4.10. The molecule has 72 valence electrons. The van der Waals surface area contributed by atoms with Gasteiger partial charge >= 0.3 is 0 Å². The summed E-state index contributed by atoms with van der Waals surface area (Å²) in [5.41, 5.74) is 0.511. The van der Waals surface area contributed by atoms with Gasteiger partial charge in [-0.2, -0.15) is 0 Å². The van der Waals surface area contributed by atoms with Crippen molar-refractivity contribution in [2.45, 2.75) is 6.92 Å². The highest BCUT2D eigenvalue weighted by Crippen LogP contribution is 2.27. The zero-order valence-electron chi connectivity index (χ0n) is 7.49. The Hall–Kier alpha value is -1.84. The Morgan fingerprint density at radius 1 is 1.50 bits per heavy atom. The number of carbonyl (C=O) groups excluding carboxylic acids is 1. The normalized spacial score (nSPS) is 10.7. The lowest BCUT2D eigenvalue weighted by Crippen LogP contribution is -2.02. The monoisotopic (exact) mass is 193 g/mol. The largest absolute Gasteiger partial charge is 0.506 e. The maximum absolute atomic E-state index is 12.8. The van der Waals surface area contributed by atoms with Gasteiger partial charge in [0.2, 0.25) is 5.91 Å². The van der Waals surface area contributed by atoms with E-state index in [1.54, 1.807) is 0 Å². The molecule has 1 N–H and O–H groups in total. The van der Waals surface area contributed by atoms with E-state index in [0.29, 0.717) is 10.9 Å². The van der Waals surface area contributed by atoms with Gasteiger partial charge in [0.05, 0.1) is 11.7 Å². The molecular weight excluding hydrogens is 185 g/mol. The van der Waals surface area contributed by atoms with Gasteiger partial charge in [-0.25, -0.2) is 4.39 Å². The highest BCUT2D eigenvalue weighted by atomic mass is 19.1. The molecule has 1 aromatic heterocycles. The molecule has 0 aliphatic rings. The number of hydrogen-bond acceptors (Lipinski definition) is 2. The molecule has 0 saturated heterocycles. The molecule has 0 saturated carbocycles. The number of aromatic hydroxyl groups is 1. The summed E-state index contributed by atoms with van der Waals surface area (Å²) in [5, 5.41) is 9.77. The third-order valence-corrected chi connectivity index (χ3v) is 2.08. The van der Waals surface area contributed by atoms with Crippen LogP contribution < -0.4 is 0 Å². The van der Waals surface area contributed by atoms with Crippen LogP contribution in [0.15, 0.2) is 24.4 Å².